The molecule has 0 aliphatic heterocycles. The number of thiocarbonyl (C=S) groups is 1. The van der Waals surface area contributed by atoms with Crippen molar-refractivity contribution < 1.29 is 19.4 Å². The highest BCUT2D eigenvalue weighted by molar-refractivity contribution is 7.80. The minimum atomic E-state index is -1.09. The maximum absolute atomic E-state index is 12.5. The molecule has 3 aromatic rings. The first-order valence-electron chi connectivity index (χ1n) is 9.84. The summed E-state index contributed by atoms with van der Waals surface area (Å²) in [6.45, 7) is 0. The average Bonchev–Trinajstić information content (AvgIpc) is 2.80. The highest BCUT2D eigenvalue weighted by atomic mass is 32.1. The van der Waals surface area contributed by atoms with Crippen LogP contribution in [0.15, 0.2) is 78.9 Å². The molecule has 0 aromatic heterocycles. The van der Waals surface area contributed by atoms with Gasteiger partial charge in [0, 0.05) is 23.4 Å². The number of amides is 1. The van der Waals surface area contributed by atoms with Gasteiger partial charge in [-0.1, -0.05) is 30.3 Å². The van der Waals surface area contributed by atoms with Gasteiger partial charge in [0.25, 0.3) is 5.91 Å². The standard InChI is InChI=1S/C24H23N3O4S/c1-31-20-13-11-19(12-14-20)26-24(32)25-18-9-7-17(8-10-18)22(28)27-21(23(29)30)15-16-5-3-2-4-6-16/h2-14,21H,15H2,1H3,(H,27,28)(H,29,30)(H2,25,26,32). The number of rotatable bonds is 8. The number of aliphatic carboxylic acids is 1. The van der Waals surface area contributed by atoms with Crippen molar-refractivity contribution in [1.29, 1.82) is 0 Å². The molecule has 0 heterocycles. The summed E-state index contributed by atoms with van der Waals surface area (Å²) < 4.78 is 5.13. The zero-order chi connectivity index (χ0) is 22.9. The Hall–Kier alpha value is -3.91. The van der Waals surface area contributed by atoms with Gasteiger partial charge in [-0.3, -0.25) is 4.79 Å². The van der Waals surface area contributed by atoms with Crippen LogP contribution < -0.4 is 20.7 Å². The summed E-state index contributed by atoms with van der Waals surface area (Å²) in [5, 5.41) is 18.5. The number of anilines is 2. The summed E-state index contributed by atoms with van der Waals surface area (Å²) in [6.07, 6.45) is 0.201. The number of carbonyl (C=O) groups excluding carboxylic acids is 1. The van der Waals surface area contributed by atoms with Crippen LogP contribution in [-0.4, -0.2) is 35.2 Å². The first-order valence-corrected chi connectivity index (χ1v) is 10.2. The summed E-state index contributed by atoms with van der Waals surface area (Å²) in [5.41, 5.74) is 2.67. The van der Waals surface area contributed by atoms with E-state index in [-0.39, 0.29) is 6.42 Å². The van der Waals surface area contributed by atoms with Crippen LogP contribution in [0, 0.1) is 0 Å². The molecule has 3 aromatic carbocycles. The Morgan fingerprint density at radius 2 is 1.47 bits per heavy atom. The SMILES string of the molecule is COc1ccc(NC(=S)Nc2ccc(C(=O)NC(Cc3ccccc3)C(=O)O)cc2)cc1. The van der Waals surface area contributed by atoms with E-state index < -0.39 is 17.9 Å². The van der Waals surface area contributed by atoms with Crippen molar-refractivity contribution in [2.75, 3.05) is 17.7 Å². The number of ether oxygens (including phenoxy) is 1. The molecule has 0 aliphatic carbocycles. The minimum absolute atomic E-state index is 0.201. The fraction of sp³-hybridized carbons (Fsp3) is 0.125. The van der Waals surface area contributed by atoms with Gasteiger partial charge in [0.15, 0.2) is 5.11 Å². The van der Waals surface area contributed by atoms with Gasteiger partial charge in [0.1, 0.15) is 11.8 Å². The van der Waals surface area contributed by atoms with Crippen LogP contribution in [0.3, 0.4) is 0 Å². The molecular formula is C24H23N3O4S. The molecule has 3 rings (SSSR count). The number of carbonyl (C=O) groups is 2. The molecule has 0 spiro atoms. The number of carboxylic acids is 1. The van der Waals surface area contributed by atoms with Crippen molar-refractivity contribution in [1.82, 2.24) is 5.32 Å². The quantitative estimate of drug-likeness (QED) is 0.387. The van der Waals surface area contributed by atoms with Gasteiger partial charge < -0.3 is 25.8 Å². The first-order chi connectivity index (χ1) is 15.4. The molecule has 0 radical (unpaired) electrons. The Morgan fingerprint density at radius 3 is 2.00 bits per heavy atom. The predicted molar refractivity (Wildman–Crippen MR) is 128 cm³/mol. The van der Waals surface area contributed by atoms with Gasteiger partial charge in [0.2, 0.25) is 0 Å². The summed E-state index contributed by atoms with van der Waals surface area (Å²) in [4.78, 5) is 24.1. The Kier molecular flexibility index (Phi) is 7.77. The third-order valence-corrected chi connectivity index (χ3v) is 4.84. The van der Waals surface area contributed by atoms with Crippen LogP contribution in [0.25, 0.3) is 0 Å². The fourth-order valence-electron chi connectivity index (χ4n) is 2.96. The molecule has 1 atom stereocenters. The first kappa shape index (κ1) is 22.8. The molecule has 0 aliphatic rings. The topological polar surface area (TPSA) is 99.7 Å². The summed E-state index contributed by atoms with van der Waals surface area (Å²) in [5.74, 6) is -0.800. The van der Waals surface area contributed by atoms with Crippen molar-refractivity contribution in [3.8, 4) is 5.75 Å². The molecule has 1 amide bonds. The van der Waals surface area contributed by atoms with Crippen molar-refractivity contribution >= 4 is 40.6 Å². The summed E-state index contributed by atoms with van der Waals surface area (Å²) in [6, 6.07) is 22.1. The van der Waals surface area contributed by atoms with E-state index in [2.05, 4.69) is 16.0 Å². The zero-order valence-electron chi connectivity index (χ0n) is 17.4. The predicted octanol–water partition coefficient (Wildman–Crippen LogP) is 3.93. The number of hydrogen-bond donors (Lipinski definition) is 4. The molecule has 0 saturated heterocycles. The molecule has 4 N–H and O–H groups in total. The van der Waals surface area contributed by atoms with E-state index in [1.165, 1.54) is 0 Å². The van der Waals surface area contributed by atoms with Gasteiger partial charge in [-0.25, -0.2) is 4.79 Å². The second-order valence-corrected chi connectivity index (χ2v) is 7.35. The van der Waals surface area contributed by atoms with Crippen molar-refractivity contribution in [3.63, 3.8) is 0 Å². The number of nitrogens with one attached hydrogen (secondary N) is 3. The molecule has 0 saturated carbocycles. The van der Waals surface area contributed by atoms with Gasteiger partial charge in [-0.05, 0) is 66.3 Å². The van der Waals surface area contributed by atoms with Crippen LogP contribution in [-0.2, 0) is 11.2 Å². The zero-order valence-corrected chi connectivity index (χ0v) is 18.2. The second-order valence-electron chi connectivity index (χ2n) is 6.94. The second kappa shape index (κ2) is 10.9. The summed E-state index contributed by atoms with van der Waals surface area (Å²) in [7, 11) is 1.60. The third kappa shape index (κ3) is 6.55. The number of hydrogen-bond acceptors (Lipinski definition) is 4. The molecule has 1 unspecified atom stereocenters. The van der Waals surface area contributed by atoms with E-state index in [9.17, 15) is 14.7 Å². The van der Waals surface area contributed by atoms with Gasteiger partial charge in [0.05, 0.1) is 7.11 Å². The molecule has 164 valence electrons. The van der Waals surface area contributed by atoms with Crippen LogP contribution in [0.2, 0.25) is 0 Å². The molecule has 0 fully saturated rings. The molecule has 8 heteroatoms. The monoisotopic (exact) mass is 449 g/mol. The van der Waals surface area contributed by atoms with Crippen LogP contribution in [0.5, 0.6) is 5.75 Å². The van der Waals surface area contributed by atoms with Crippen molar-refractivity contribution in [3.05, 3.63) is 90.0 Å². The van der Waals surface area contributed by atoms with E-state index in [1.54, 1.807) is 31.4 Å². The van der Waals surface area contributed by atoms with Crippen LogP contribution in [0.4, 0.5) is 11.4 Å². The van der Waals surface area contributed by atoms with Crippen LogP contribution in [0.1, 0.15) is 15.9 Å². The lowest BCUT2D eigenvalue weighted by atomic mass is 10.1. The van der Waals surface area contributed by atoms with Gasteiger partial charge in [-0.2, -0.15) is 0 Å². The van der Waals surface area contributed by atoms with E-state index >= 15 is 0 Å². The van der Waals surface area contributed by atoms with Crippen molar-refractivity contribution in [2.45, 2.75) is 12.5 Å². The fourth-order valence-corrected chi connectivity index (χ4v) is 3.20. The Morgan fingerprint density at radius 1 is 0.906 bits per heavy atom. The largest absolute Gasteiger partial charge is 0.497 e. The maximum Gasteiger partial charge on any atom is 0.326 e. The highest BCUT2D eigenvalue weighted by Gasteiger charge is 2.21. The van der Waals surface area contributed by atoms with Crippen LogP contribution >= 0.6 is 12.2 Å². The Labute approximate surface area is 191 Å². The number of carboxylic acid groups (broad SMARTS) is 1. The van der Waals surface area contributed by atoms with Gasteiger partial charge in [-0.15, -0.1) is 0 Å². The maximum atomic E-state index is 12.5. The minimum Gasteiger partial charge on any atom is -0.497 e. The Bertz CT molecular complexity index is 1070. The van der Waals surface area contributed by atoms with E-state index in [0.717, 1.165) is 17.0 Å². The third-order valence-electron chi connectivity index (χ3n) is 4.64. The summed E-state index contributed by atoms with van der Waals surface area (Å²) >= 11 is 5.31. The normalized spacial score (nSPS) is 11.2. The Balaban J connectivity index is 1.56. The molecule has 32 heavy (non-hydrogen) atoms. The van der Waals surface area contributed by atoms with Crippen molar-refractivity contribution in [2.24, 2.45) is 0 Å². The number of methoxy groups -OCH3 is 1. The lowest BCUT2D eigenvalue weighted by molar-refractivity contribution is -0.139. The highest BCUT2D eigenvalue weighted by Crippen LogP contribution is 2.16. The van der Waals surface area contributed by atoms with E-state index in [0.29, 0.717) is 16.4 Å². The number of benzene rings is 3. The molecule has 7 nitrogen and oxygen atoms in total. The van der Waals surface area contributed by atoms with Gasteiger partial charge >= 0.3 is 5.97 Å². The lowest BCUT2D eigenvalue weighted by Gasteiger charge is -2.15. The lowest BCUT2D eigenvalue weighted by Crippen LogP contribution is -2.42. The average molecular weight is 450 g/mol. The molecular weight excluding hydrogens is 426 g/mol. The molecule has 0 bridgehead atoms. The smallest absolute Gasteiger partial charge is 0.326 e. The van der Waals surface area contributed by atoms with E-state index in [4.69, 9.17) is 17.0 Å². The van der Waals surface area contributed by atoms with E-state index in [1.807, 2.05) is 54.6 Å².